The van der Waals surface area contributed by atoms with Gasteiger partial charge in [-0.3, -0.25) is 9.78 Å². The molecule has 1 amide bonds. The molecule has 6 heterocycles. The molecule has 0 bridgehead atoms. The van der Waals surface area contributed by atoms with Crippen molar-refractivity contribution in [2.24, 2.45) is 0 Å². The first kappa shape index (κ1) is 19.9. The van der Waals surface area contributed by atoms with Gasteiger partial charge in [-0.25, -0.2) is 9.67 Å². The van der Waals surface area contributed by atoms with Crippen LogP contribution in [0.3, 0.4) is 0 Å². The number of thiophene rings is 1. The highest BCUT2D eigenvalue weighted by Crippen LogP contribution is 2.37. The van der Waals surface area contributed by atoms with Gasteiger partial charge in [0.05, 0.1) is 35.1 Å². The minimum atomic E-state index is 0.0148. The van der Waals surface area contributed by atoms with Crippen LogP contribution in [-0.4, -0.2) is 37.1 Å². The van der Waals surface area contributed by atoms with Gasteiger partial charge in [0.25, 0.3) is 5.91 Å². The summed E-state index contributed by atoms with van der Waals surface area (Å²) in [5.74, 6) is 0.791. The number of furan rings is 1. The van der Waals surface area contributed by atoms with Gasteiger partial charge in [-0.1, -0.05) is 6.07 Å². The van der Waals surface area contributed by atoms with Crippen molar-refractivity contribution in [1.29, 1.82) is 0 Å². The first-order chi connectivity index (χ1) is 16.3. The highest BCUT2D eigenvalue weighted by Gasteiger charge is 2.32. The van der Waals surface area contributed by atoms with Crippen molar-refractivity contribution < 1.29 is 9.21 Å². The first-order valence-electron chi connectivity index (χ1n) is 10.9. The minimum absolute atomic E-state index is 0.0148. The summed E-state index contributed by atoms with van der Waals surface area (Å²) in [5, 5.41) is 7.37. The number of aromatic nitrogens is 4. The van der Waals surface area contributed by atoms with E-state index in [0.29, 0.717) is 23.4 Å². The van der Waals surface area contributed by atoms with Gasteiger partial charge in [0.1, 0.15) is 12.3 Å². The lowest BCUT2D eigenvalue weighted by atomic mass is 10.1. The quantitative estimate of drug-likeness (QED) is 0.365. The molecule has 1 unspecified atom stereocenters. The van der Waals surface area contributed by atoms with E-state index in [1.54, 1.807) is 40.9 Å². The number of hydrogen-bond acceptors (Lipinski definition) is 6. The predicted octanol–water partition coefficient (Wildman–Crippen LogP) is 5.17. The molecular weight excluding hydrogens is 434 g/mol. The average Bonchev–Trinajstić information content (AvgIpc) is 3.66. The third kappa shape index (κ3) is 3.62. The number of carbonyl (C=O) groups excluding carboxylic acids is 1. The molecule has 7 nitrogen and oxygen atoms in total. The van der Waals surface area contributed by atoms with Crippen LogP contribution in [0.25, 0.3) is 22.3 Å². The third-order valence-corrected chi connectivity index (χ3v) is 7.04. The number of likely N-dealkylation sites (tertiary alicyclic amines) is 1. The normalized spacial score (nSPS) is 16.0. The molecule has 1 aliphatic rings. The SMILES string of the molecule is O=C(c1cc(-c2cccnc2)nc2c1cnn2Cc1ccco1)N1CCCC1c1cccs1. The molecule has 0 N–H and O–H groups in total. The van der Waals surface area contributed by atoms with Crippen molar-refractivity contribution >= 4 is 28.3 Å². The van der Waals surface area contributed by atoms with E-state index in [4.69, 9.17) is 9.40 Å². The van der Waals surface area contributed by atoms with Crippen molar-refractivity contribution in [3.05, 3.63) is 88.9 Å². The van der Waals surface area contributed by atoms with E-state index in [2.05, 4.69) is 21.5 Å². The maximum atomic E-state index is 13.9. The van der Waals surface area contributed by atoms with Crippen LogP contribution >= 0.6 is 11.3 Å². The van der Waals surface area contributed by atoms with E-state index < -0.39 is 0 Å². The lowest BCUT2D eigenvalue weighted by Crippen LogP contribution is -2.30. The fourth-order valence-electron chi connectivity index (χ4n) is 4.49. The van der Waals surface area contributed by atoms with Crippen LogP contribution in [0.2, 0.25) is 0 Å². The molecule has 0 aromatic carbocycles. The zero-order valence-corrected chi connectivity index (χ0v) is 18.6. The number of amides is 1. The lowest BCUT2D eigenvalue weighted by molar-refractivity contribution is 0.0740. The second-order valence-corrected chi connectivity index (χ2v) is 9.07. The fourth-order valence-corrected chi connectivity index (χ4v) is 5.37. The standard InChI is InChI=1S/C25H21N5O2S/c31-25(29-10-2-7-22(29)23-8-4-12-33-23)19-13-21(17-5-1-9-26-14-17)28-24-20(19)15-27-30(24)16-18-6-3-11-32-18/h1,3-6,8-9,11-15,22H,2,7,10,16H2. The Kier molecular flexibility index (Phi) is 4.99. The van der Waals surface area contributed by atoms with Gasteiger partial charge in [0.2, 0.25) is 0 Å². The molecule has 0 spiro atoms. The molecule has 33 heavy (non-hydrogen) atoms. The topological polar surface area (TPSA) is 77.0 Å². The van der Waals surface area contributed by atoms with Crippen LogP contribution in [0.1, 0.15) is 39.9 Å². The minimum Gasteiger partial charge on any atom is -0.467 e. The summed E-state index contributed by atoms with van der Waals surface area (Å²) in [4.78, 5) is 26.2. The lowest BCUT2D eigenvalue weighted by Gasteiger charge is -2.24. The van der Waals surface area contributed by atoms with Gasteiger partial charge < -0.3 is 9.32 Å². The maximum absolute atomic E-state index is 13.9. The number of rotatable bonds is 5. The van der Waals surface area contributed by atoms with Gasteiger partial charge in [-0.05, 0) is 54.6 Å². The first-order valence-corrected chi connectivity index (χ1v) is 11.8. The summed E-state index contributed by atoms with van der Waals surface area (Å²) in [7, 11) is 0. The zero-order valence-electron chi connectivity index (χ0n) is 17.8. The summed E-state index contributed by atoms with van der Waals surface area (Å²) in [6.45, 7) is 1.18. The molecule has 6 rings (SSSR count). The number of carbonyl (C=O) groups is 1. The smallest absolute Gasteiger partial charge is 0.255 e. The molecule has 164 valence electrons. The highest BCUT2D eigenvalue weighted by molar-refractivity contribution is 7.10. The Morgan fingerprint density at radius 2 is 2.15 bits per heavy atom. The Labute approximate surface area is 194 Å². The second kappa shape index (κ2) is 8.29. The number of pyridine rings is 2. The number of nitrogens with zero attached hydrogens (tertiary/aromatic N) is 5. The van der Waals surface area contributed by atoms with Crippen LogP contribution < -0.4 is 0 Å². The summed E-state index contributed by atoms with van der Waals surface area (Å²) in [5.41, 5.74) is 2.83. The van der Waals surface area contributed by atoms with Crippen molar-refractivity contribution in [3.63, 3.8) is 0 Å². The molecular formula is C25H21N5O2S. The Morgan fingerprint density at radius 3 is 2.94 bits per heavy atom. The van der Waals surface area contributed by atoms with E-state index in [0.717, 1.165) is 36.1 Å². The predicted molar refractivity (Wildman–Crippen MR) is 126 cm³/mol. The van der Waals surface area contributed by atoms with Gasteiger partial charge in [0, 0.05) is 29.4 Å². The summed E-state index contributed by atoms with van der Waals surface area (Å²) in [6.07, 6.45) is 8.85. The molecule has 0 radical (unpaired) electrons. The molecule has 0 saturated carbocycles. The molecule has 5 aromatic rings. The molecule has 1 fully saturated rings. The van der Waals surface area contributed by atoms with Crippen molar-refractivity contribution in [3.8, 4) is 11.3 Å². The van der Waals surface area contributed by atoms with Gasteiger partial charge >= 0.3 is 0 Å². The van der Waals surface area contributed by atoms with E-state index in [1.165, 1.54) is 4.88 Å². The number of hydrogen-bond donors (Lipinski definition) is 0. The van der Waals surface area contributed by atoms with Crippen molar-refractivity contribution in [2.75, 3.05) is 6.54 Å². The summed E-state index contributed by atoms with van der Waals surface area (Å²) in [6, 6.07) is 13.7. The van der Waals surface area contributed by atoms with Crippen LogP contribution in [0.15, 0.2) is 77.1 Å². The van der Waals surface area contributed by atoms with E-state index in [9.17, 15) is 4.79 Å². The molecule has 8 heteroatoms. The van der Waals surface area contributed by atoms with Gasteiger partial charge in [-0.2, -0.15) is 5.10 Å². The van der Waals surface area contributed by atoms with Gasteiger partial charge in [-0.15, -0.1) is 11.3 Å². The Hall–Kier alpha value is -3.78. The summed E-state index contributed by atoms with van der Waals surface area (Å²) < 4.78 is 7.30. The van der Waals surface area contributed by atoms with E-state index in [1.807, 2.05) is 41.3 Å². The average molecular weight is 456 g/mol. The molecule has 1 saturated heterocycles. The molecule has 5 aromatic heterocycles. The number of fused-ring (bicyclic) bond motifs is 1. The van der Waals surface area contributed by atoms with E-state index >= 15 is 0 Å². The highest BCUT2D eigenvalue weighted by atomic mass is 32.1. The summed E-state index contributed by atoms with van der Waals surface area (Å²) >= 11 is 1.71. The monoisotopic (exact) mass is 455 g/mol. The Bertz CT molecular complexity index is 1390. The fraction of sp³-hybridized carbons (Fsp3) is 0.200. The largest absolute Gasteiger partial charge is 0.467 e. The Morgan fingerprint density at radius 1 is 1.18 bits per heavy atom. The second-order valence-electron chi connectivity index (χ2n) is 8.09. The van der Waals surface area contributed by atoms with Crippen LogP contribution in [0, 0.1) is 0 Å². The van der Waals surface area contributed by atoms with Crippen LogP contribution in [-0.2, 0) is 6.54 Å². The zero-order chi connectivity index (χ0) is 22.2. The van der Waals surface area contributed by atoms with Crippen molar-refractivity contribution in [2.45, 2.75) is 25.4 Å². The molecule has 1 atom stereocenters. The Balaban J connectivity index is 1.47. The van der Waals surface area contributed by atoms with Crippen molar-refractivity contribution in [1.82, 2.24) is 24.6 Å². The maximum Gasteiger partial charge on any atom is 0.255 e. The molecule has 1 aliphatic heterocycles. The van der Waals surface area contributed by atoms with Gasteiger partial charge in [0.15, 0.2) is 5.65 Å². The van der Waals surface area contributed by atoms with Crippen LogP contribution in [0.5, 0.6) is 0 Å². The van der Waals surface area contributed by atoms with E-state index in [-0.39, 0.29) is 11.9 Å². The molecule has 0 aliphatic carbocycles. The third-order valence-electron chi connectivity index (χ3n) is 6.07. The van der Waals surface area contributed by atoms with Crippen LogP contribution in [0.4, 0.5) is 0 Å².